The maximum Gasteiger partial charge on any atom is 0.307 e. The average molecular weight is 424 g/mol. The van der Waals surface area contributed by atoms with Crippen LogP contribution in [0.5, 0.6) is 0 Å². The number of aliphatic carboxylic acids is 1. The maximum atomic E-state index is 12.3. The van der Waals surface area contributed by atoms with Gasteiger partial charge in [0.25, 0.3) is 0 Å². The predicted molar refractivity (Wildman–Crippen MR) is 118 cm³/mol. The molecule has 0 radical (unpaired) electrons. The van der Waals surface area contributed by atoms with Crippen LogP contribution in [0.3, 0.4) is 0 Å². The number of carboxylic acids is 1. The fourth-order valence-corrected chi connectivity index (χ4v) is 4.23. The lowest BCUT2D eigenvalue weighted by Gasteiger charge is -2.09. The van der Waals surface area contributed by atoms with E-state index in [1.807, 2.05) is 42.5 Å². The molecule has 0 heterocycles. The molecule has 0 aliphatic rings. The van der Waals surface area contributed by atoms with E-state index in [0.29, 0.717) is 12.0 Å². The number of rotatable bonds is 10. The summed E-state index contributed by atoms with van der Waals surface area (Å²) in [6.45, 7) is 0.145. The molecule has 0 unspecified atom stereocenters. The van der Waals surface area contributed by atoms with Gasteiger partial charge in [0.15, 0.2) is 0 Å². The SMILES string of the molecule is O=C(O)Cc1cccc(CNS(=O)(=O)CCc2ccc(Cc3ccccc3)cc2)c1. The number of nitrogens with one attached hydrogen (secondary N) is 1. The highest BCUT2D eigenvalue weighted by Crippen LogP contribution is 2.12. The fraction of sp³-hybridized carbons (Fsp3) is 0.208. The Bertz CT molecular complexity index is 1080. The van der Waals surface area contributed by atoms with E-state index in [1.54, 1.807) is 24.3 Å². The molecule has 0 bridgehead atoms. The van der Waals surface area contributed by atoms with Crippen molar-refractivity contribution in [2.75, 3.05) is 5.75 Å². The van der Waals surface area contributed by atoms with Gasteiger partial charge >= 0.3 is 5.97 Å². The monoisotopic (exact) mass is 423 g/mol. The molecule has 0 amide bonds. The van der Waals surface area contributed by atoms with Gasteiger partial charge in [0, 0.05) is 6.54 Å². The predicted octanol–water partition coefficient (Wildman–Crippen LogP) is 3.57. The Labute approximate surface area is 177 Å². The highest BCUT2D eigenvalue weighted by Gasteiger charge is 2.11. The summed E-state index contributed by atoms with van der Waals surface area (Å²) in [5.74, 6) is -0.914. The van der Waals surface area contributed by atoms with Crippen molar-refractivity contribution in [3.8, 4) is 0 Å². The summed E-state index contributed by atoms with van der Waals surface area (Å²) in [6, 6.07) is 25.2. The van der Waals surface area contributed by atoms with Gasteiger partial charge in [-0.25, -0.2) is 13.1 Å². The second-order valence-corrected chi connectivity index (χ2v) is 9.19. The molecule has 0 atom stereocenters. The van der Waals surface area contributed by atoms with Crippen molar-refractivity contribution >= 4 is 16.0 Å². The minimum absolute atomic E-state index is 0.000150. The second-order valence-electron chi connectivity index (χ2n) is 7.26. The molecule has 156 valence electrons. The average Bonchev–Trinajstić information content (AvgIpc) is 2.73. The highest BCUT2D eigenvalue weighted by atomic mass is 32.2. The summed E-state index contributed by atoms with van der Waals surface area (Å²) < 4.78 is 27.3. The molecule has 0 saturated heterocycles. The second kappa shape index (κ2) is 10.2. The Morgan fingerprint density at radius 3 is 2.07 bits per heavy atom. The number of hydrogen-bond acceptors (Lipinski definition) is 3. The fourth-order valence-electron chi connectivity index (χ4n) is 3.20. The summed E-state index contributed by atoms with van der Waals surface area (Å²) >= 11 is 0. The van der Waals surface area contributed by atoms with Crippen LogP contribution in [0.4, 0.5) is 0 Å². The zero-order valence-electron chi connectivity index (χ0n) is 16.6. The Kier molecular flexibility index (Phi) is 7.38. The first-order chi connectivity index (χ1) is 14.4. The van der Waals surface area contributed by atoms with Crippen molar-refractivity contribution in [2.45, 2.75) is 25.8 Å². The van der Waals surface area contributed by atoms with Crippen molar-refractivity contribution in [1.29, 1.82) is 0 Å². The van der Waals surface area contributed by atoms with E-state index in [1.165, 1.54) is 11.1 Å². The lowest BCUT2D eigenvalue weighted by Crippen LogP contribution is -2.27. The minimum Gasteiger partial charge on any atom is -0.481 e. The van der Waals surface area contributed by atoms with Crippen LogP contribution in [-0.2, 0) is 40.6 Å². The van der Waals surface area contributed by atoms with Gasteiger partial charge < -0.3 is 5.11 Å². The van der Waals surface area contributed by atoms with Gasteiger partial charge in [-0.15, -0.1) is 0 Å². The van der Waals surface area contributed by atoms with Crippen molar-refractivity contribution in [3.63, 3.8) is 0 Å². The van der Waals surface area contributed by atoms with Gasteiger partial charge in [-0.05, 0) is 40.7 Å². The molecule has 5 nitrogen and oxygen atoms in total. The molecule has 0 aliphatic heterocycles. The summed E-state index contributed by atoms with van der Waals surface area (Å²) in [5.41, 5.74) is 4.79. The normalized spacial score (nSPS) is 11.3. The molecular formula is C24H25NO4S. The Hall–Kier alpha value is -2.96. The zero-order chi connectivity index (χ0) is 21.4. The van der Waals surface area contributed by atoms with E-state index in [-0.39, 0.29) is 18.7 Å². The van der Waals surface area contributed by atoms with Crippen LogP contribution in [-0.4, -0.2) is 25.2 Å². The summed E-state index contributed by atoms with van der Waals surface area (Å²) in [6.07, 6.45) is 1.20. The van der Waals surface area contributed by atoms with E-state index >= 15 is 0 Å². The van der Waals surface area contributed by atoms with Gasteiger partial charge in [0.1, 0.15) is 0 Å². The van der Waals surface area contributed by atoms with E-state index in [4.69, 9.17) is 5.11 Å². The lowest BCUT2D eigenvalue weighted by atomic mass is 10.0. The standard InChI is InChI=1S/C24H25NO4S/c26-24(27)17-22-7-4-8-23(16-22)18-25-30(28,29)14-13-19-9-11-21(12-10-19)15-20-5-2-1-3-6-20/h1-12,16,25H,13-15,17-18H2,(H,26,27). The van der Waals surface area contributed by atoms with Crippen molar-refractivity contribution in [1.82, 2.24) is 4.72 Å². The zero-order valence-corrected chi connectivity index (χ0v) is 17.4. The van der Waals surface area contributed by atoms with Gasteiger partial charge in [-0.2, -0.15) is 0 Å². The summed E-state index contributed by atoms with van der Waals surface area (Å²) in [4.78, 5) is 10.8. The first-order valence-electron chi connectivity index (χ1n) is 9.78. The molecule has 0 saturated carbocycles. The van der Waals surface area contributed by atoms with Crippen molar-refractivity contribution in [3.05, 3.63) is 107 Å². The Morgan fingerprint density at radius 2 is 1.37 bits per heavy atom. The van der Waals surface area contributed by atoms with E-state index < -0.39 is 16.0 Å². The Balaban J connectivity index is 1.50. The first-order valence-corrected chi connectivity index (χ1v) is 11.4. The third-order valence-corrected chi connectivity index (χ3v) is 6.10. The number of sulfonamides is 1. The Morgan fingerprint density at radius 1 is 0.767 bits per heavy atom. The van der Waals surface area contributed by atoms with Crippen LogP contribution in [0.1, 0.15) is 27.8 Å². The van der Waals surface area contributed by atoms with Gasteiger partial charge in [0.2, 0.25) is 10.0 Å². The van der Waals surface area contributed by atoms with Crippen LogP contribution in [0, 0.1) is 0 Å². The molecule has 2 N–H and O–H groups in total. The quantitative estimate of drug-likeness (QED) is 0.522. The molecule has 3 aromatic rings. The smallest absolute Gasteiger partial charge is 0.307 e. The number of hydrogen-bond donors (Lipinski definition) is 2. The number of carboxylic acid groups (broad SMARTS) is 1. The highest BCUT2D eigenvalue weighted by molar-refractivity contribution is 7.89. The third kappa shape index (κ3) is 7.13. The number of benzene rings is 3. The van der Waals surface area contributed by atoms with E-state index in [9.17, 15) is 13.2 Å². The molecule has 3 rings (SSSR count). The largest absolute Gasteiger partial charge is 0.481 e. The molecule has 30 heavy (non-hydrogen) atoms. The van der Waals surface area contributed by atoms with Crippen molar-refractivity contribution in [2.24, 2.45) is 0 Å². The lowest BCUT2D eigenvalue weighted by molar-refractivity contribution is -0.136. The maximum absolute atomic E-state index is 12.3. The molecule has 0 spiro atoms. The van der Waals surface area contributed by atoms with Crippen LogP contribution in [0.2, 0.25) is 0 Å². The summed E-state index contributed by atoms with van der Waals surface area (Å²) in [7, 11) is -3.44. The summed E-state index contributed by atoms with van der Waals surface area (Å²) in [5, 5.41) is 8.87. The molecule has 3 aromatic carbocycles. The number of aryl methyl sites for hydroxylation is 1. The number of carbonyl (C=O) groups is 1. The third-order valence-electron chi connectivity index (χ3n) is 4.78. The van der Waals surface area contributed by atoms with Gasteiger partial charge in [-0.1, -0.05) is 78.9 Å². The van der Waals surface area contributed by atoms with E-state index in [0.717, 1.165) is 17.5 Å². The molecule has 0 aromatic heterocycles. The minimum atomic E-state index is -3.44. The van der Waals surface area contributed by atoms with Crippen molar-refractivity contribution < 1.29 is 18.3 Å². The molecular weight excluding hydrogens is 398 g/mol. The van der Waals surface area contributed by atoms with Crippen LogP contribution in [0.25, 0.3) is 0 Å². The topological polar surface area (TPSA) is 83.5 Å². The van der Waals surface area contributed by atoms with Crippen LogP contribution in [0.15, 0.2) is 78.9 Å². The molecule has 0 fully saturated rings. The molecule has 6 heteroatoms. The molecule has 0 aliphatic carbocycles. The van der Waals surface area contributed by atoms with Gasteiger partial charge in [-0.3, -0.25) is 4.79 Å². The van der Waals surface area contributed by atoms with Crippen LogP contribution >= 0.6 is 0 Å². The van der Waals surface area contributed by atoms with E-state index in [2.05, 4.69) is 16.9 Å². The first kappa shape index (κ1) is 21.7. The van der Waals surface area contributed by atoms with Gasteiger partial charge in [0.05, 0.1) is 12.2 Å². The van der Waals surface area contributed by atoms with Crippen LogP contribution < -0.4 is 4.72 Å².